The van der Waals surface area contributed by atoms with Gasteiger partial charge in [0.1, 0.15) is 0 Å². The maximum absolute atomic E-state index is 14.9. The first-order chi connectivity index (χ1) is 11.7. The lowest BCUT2D eigenvalue weighted by Gasteiger charge is -2.21. The van der Waals surface area contributed by atoms with E-state index in [4.69, 9.17) is 23.2 Å². The molecule has 2 rings (SSSR count). The number of aromatic nitrogens is 2. The molecule has 0 saturated carbocycles. The molecule has 144 valence electrons. The lowest BCUT2D eigenvalue weighted by Crippen LogP contribution is -2.28. The number of rotatable bonds is 4. The number of thioether (sulfide) groups is 1. The molecule has 0 radical (unpaired) electrons. The van der Waals surface area contributed by atoms with E-state index in [0.29, 0.717) is 17.8 Å². The van der Waals surface area contributed by atoms with E-state index in [-0.39, 0.29) is 10.8 Å². The number of hydrogen-bond acceptors (Lipinski definition) is 4. The predicted molar refractivity (Wildman–Crippen MR) is 90.6 cm³/mol. The van der Waals surface area contributed by atoms with Gasteiger partial charge in [-0.15, -0.1) is 11.8 Å². The van der Waals surface area contributed by atoms with E-state index < -0.39 is 52.5 Å². The third-order valence-corrected chi connectivity index (χ3v) is 6.63. The maximum Gasteiger partial charge on any atom is 0.416 e. The Labute approximate surface area is 166 Å². The highest BCUT2D eigenvalue weighted by molar-refractivity contribution is 9.10. The molecule has 1 aromatic carbocycles. The van der Waals surface area contributed by atoms with Crippen molar-refractivity contribution in [2.75, 3.05) is 6.26 Å². The second-order valence-electron chi connectivity index (χ2n) is 4.70. The second-order valence-corrected chi connectivity index (χ2v) is 8.99. The molecular formula is C12H6BrCl2F5N2O2S2. The molecule has 26 heavy (non-hydrogen) atoms. The Balaban J connectivity index is 2.75. The fraction of sp³-hybridized carbons (Fsp3) is 0.250. The molecule has 0 amide bonds. The molecule has 0 saturated heterocycles. The summed E-state index contributed by atoms with van der Waals surface area (Å²) < 4.78 is 92.8. The molecule has 1 heterocycles. The van der Waals surface area contributed by atoms with Gasteiger partial charge in [-0.25, -0.2) is 13.4 Å². The average molecular weight is 520 g/mol. The van der Waals surface area contributed by atoms with Gasteiger partial charge in [-0.3, -0.25) is 0 Å². The smallest absolute Gasteiger partial charge is 0.322 e. The Bertz CT molecular complexity index is 963. The molecule has 0 aliphatic rings. The fourth-order valence-corrected chi connectivity index (χ4v) is 5.43. The van der Waals surface area contributed by atoms with E-state index in [2.05, 4.69) is 20.9 Å². The van der Waals surface area contributed by atoms with Gasteiger partial charge in [-0.05, 0) is 34.3 Å². The number of benzene rings is 1. The van der Waals surface area contributed by atoms with Crippen LogP contribution in [0.2, 0.25) is 10.2 Å². The van der Waals surface area contributed by atoms with Crippen molar-refractivity contribution in [1.82, 2.24) is 9.97 Å². The van der Waals surface area contributed by atoms with E-state index in [1.807, 2.05) is 4.98 Å². The molecule has 0 atom stereocenters. The van der Waals surface area contributed by atoms with Crippen LogP contribution in [-0.4, -0.2) is 24.6 Å². The Morgan fingerprint density at radius 1 is 1.19 bits per heavy atom. The standard InChI is InChI=1S/C12H6BrCl2F5N2O2S2/c1-25-6-3-4(11(16,17)18)2-5(14)7(6)12(19,20)26(23,24)9-8(15)21-10(13)22-9/h2-3H,1H3,(H,21,22). The summed E-state index contributed by atoms with van der Waals surface area (Å²) in [6.45, 7) is 0. The topological polar surface area (TPSA) is 62.8 Å². The van der Waals surface area contributed by atoms with Crippen molar-refractivity contribution in [3.8, 4) is 0 Å². The number of imidazole rings is 1. The highest BCUT2D eigenvalue weighted by Crippen LogP contribution is 2.48. The summed E-state index contributed by atoms with van der Waals surface area (Å²) in [6.07, 6.45) is -3.64. The molecule has 0 bridgehead atoms. The number of nitrogens with one attached hydrogen (secondary N) is 1. The van der Waals surface area contributed by atoms with E-state index in [0.717, 1.165) is 0 Å². The van der Waals surface area contributed by atoms with Crippen molar-refractivity contribution in [3.05, 3.63) is 38.2 Å². The van der Waals surface area contributed by atoms with Crippen LogP contribution in [0.5, 0.6) is 0 Å². The number of alkyl halides is 5. The van der Waals surface area contributed by atoms with Gasteiger partial charge in [0, 0.05) is 4.90 Å². The molecule has 0 fully saturated rings. The number of hydrogen-bond donors (Lipinski definition) is 1. The minimum Gasteiger partial charge on any atom is -0.322 e. The van der Waals surface area contributed by atoms with E-state index in [1.54, 1.807) is 0 Å². The Morgan fingerprint density at radius 2 is 1.77 bits per heavy atom. The van der Waals surface area contributed by atoms with Crippen LogP contribution >= 0.6 is 50.9 Å². The van der Waals surface area contributed by atoms with Crippen molar-refractivity contribution in [1.29, 1.82) is 0 Å². The summed E-state index contributed by atoms with van der Waals surface area (Å²) in [5.74, 6) is 0. The van der Waals surface area contributed by atoms with Crippen LogP contribution in [0.1, 0.15) is 11.1 Å². The quantitative estimate of drug-likeness (QED) is 0.413. The Hall–Kier alpha value is -0.560. The van der Waals surface area contributed by atoms with Crippen molar-refractivity contribution in [2.24, 2.45) is 0 Å². The van der Waals surface area contributed by atoms with Crippen LogP contribution in [0, 0.1) is 0 Å². The van der Waals surface area contributed by atoms with Crippen LogP contribution in [0.4, 0.5) is 22.0 Å². The van der Waals surface area contributed by atoms with Crippen molar-refractivity contribution in [2.45, 2.75) is 21.4 Å². The van der Waals surface area contributed by atoms with Gasteiger partial charge in [0.2, 0.25) is 0 Å². The van der Waals surface area contributed by atoms with Crippen molar-refractivity contribution in [3.63, 3.8) is 0 Å². The van der Waals surface area contributed by atoms with Gasteiger partial charge in [-0.1, -0.05) is 23.2 Å². The van der Waals surface area contributed by atoms with Gasteiger partial charge in [-0.2, -0.15) is 22.0 Å². The third-order valence-electron chi connectivity index (χ3n) is 3.10. The summed E-state index contributed by atoms with van der Waals surface area (Å²) in [7, 11) is -5.50. The van der Waals surface area contributed by atoms with Crippen LogP contribution in [0.25, 0.3) is 0 Å². The predicted octanol–water partition coefficient (Wildman–Crippen LogP) is 5.74. The minimum atomic E-state index is -5.50. The lowest BCUT2D eigenvalue weighted by atomic mass is 10.1. The third kappa shape index (κ3) is 3.71. The average Bonchev–Trinajstić information content (AvgIpc) is 2.84. The van der Waals surface area contributed by atoms with Crippen LogP contribution < -0.4 is 0 Å². The molecular weight excluding hydrogens is 514 g/mol. The highest BCUT2D eigenvalue weighted by Gasteiger charge is 2.53. The molecule has 4 nitrogen and oxygen atoms in total. The van der Waals surface area contributed by atoms with Crippen LogP contribution in [0.3, 0.4) is 0 Å². The van der Waals surface area contributed by atoms with Gasteiger partial charge >= 0.3 is 11.4 Å². The van der Waals surface area contributed by atoms with Crippen molar-refractivity contribution >= 4 is 60.7 Å². The van der Waals surface area contributed by atoms with Crippen molar-refractivity contribution < 1.29 is 30.4 Å². The maximum atomic E-state index is 14.9. The van der Waals surface area contributed by atoms with Gasteiger partial charge in [0.25, 0.3) is 9.84 Å². The monoisotopic (exact) mass is 518 g/mol. The molecule has 1 N–H and O–H groups in total. The minimum absolute atomic E-state index is 0.222. The second kappa shape index (κ2) is 7.12. The first kappa shape index (κ1) is 21.7. The fourth-order valence-electron chi connectivity index (χ4n) is 1.94. The SMILES string of the molecule is CSc1cc(C(F)(F)F)cc(Cl)c1C(F)(F)S(=O)(=O)c1[nH]c(Br)nc1Cl. The molecule has 2 aromatic rings. The largest absolute Gasteiger partial charge is 0.416 e. The lowest BCUT2D eigenvalue weighted by molar-refractivity contribution is -0.137. The van der Waals surface area contributed by atoms with E-state index >= 15 is 0 Å². The Kier molecular flexibility index (Phi) is 5.95. The first-order valence-electron chi connectivity index (χ1n) is 6.22. The zero-order valence-electron chi connectivity index (χ0n) is 12.3. The van der Waals surface area contributed by atoms with Gasteiger partial charge in [0.05, 0.1) is 16.1 Å². The zero-order chi connectivity index (χ0) is 20.1. The molecule has 0 aliphatic heterocycles. The summed E-state index contributed by atoms with van der Waals surface area (Å²) in [4.78, 5) is 4.81. The first-order valence-corrected chi connectivity index (χ1v) is 10.5. The number of nitrogens with zero attached hydrogens (tertiary/aromatic N) is 1. The van der Waals surface area contributed by atoms with E-state index in [9.17, 15) is 30.4 Å². The summed E-state index contributed by atoms with van der Waals surface area (Å²) in [5.41, 5.74) is -2.56. The molecule has 0 unspecified atom stereocenters. The van der Waals surface area contributed by atoms with Crippen LogP contribution in [-0.2, 0) is 21.3 Å². The number of aromatic amines is 1. The van der Waals surface area contributed by atoms with Crippen LogP contribution in [0.15, 0.2) is 26.8 Å². The van der Waals surface area contributed by atoms with Gasteiger partial charge < -0.3 is 4.98 Å². The molecule has 1 aromatic heterocycles. The zero-order valence-corrected chi connectivity index (χ0v) is 17.0. The number of sulfone groups is 1. The molecule has 0 aliphatic carbocycles. The Morgan fingerprint density at radius 3 is 2.19 bits per heavy atom. The summed E-state index contributed by atoms with van der Waals surface area (Å²) >= 11 is 14.4. The molecule has 14 heteroatoms. The van der Waals surface area contributed by atoms with E-state index in [1.165, 1.54) is 6.26 Å². The normalized spacial score (nSPS) is 13.3. The summed E-state index contributed by atoms with van der Waals surface area (Å²) in [5, 5.41) is -7.58. The number of halogens is 8. The number of H-pyrrole nitrogens is 1. The highest BCUT2D eigenvalue weighted by atomic mass is 79.9. The summed E-state index contributed by atoms with van der Waals surface area (Å²) in [6, 6.07) is 0.643. The van der Waals surface area contributed by atoms with Gasteiger partial charge in [0.15, 0.2) is 14.9 Å². The molecule has 0 spiro atoms.